The third kappa shape index (κ3) is 3.72. The monoisotopic (exact) mass is 173 g/mol. The van der Waals surface area contributed by atoms with Crippen molar-refractivity contribution in [2.24, 2.45) is 17.6 Å². The van der Waals surface area contributed by atoms with Crippen LogP contribution in [-0.2, 0) is 9.53 Å². The van der Waals surface area contributed by atoms with E-state index in [1.165, 1.54) is 0 Å². The summed E-state index contributed by atoms with van der Waals surface area (Å²) in [6, 6.07) is 0. The van der Waals surface area contributed by atoms with Crippen LogP contribution >= 0.6 is 0 Å². The summed E-state index contributed by atoms with van der Waals surface area (Å²) in [5.41, 5.74) is 5.26. The Bertz CT molecular complexity index is 136. The van der Waals surface area contributed by atoms with E-state index in [1.54, 1.807) is 7.11 Å². The lowest BCUT2D eigenvalue weighted by molar-refractivity contribution is -0.123. The van der Waals surface area contributed by atoms with E-state index in [9.17, 15) is 4.79 Å². The highest BCUT2D eigenvalue weighted by Crippen LogP contribution is 2.18. The Morgan fingerprint density at radius 2 is 2.17 bits per heavy atom. The summed E-state index contributed by atoms with van der Waals surface area (Å²) in [6.07, 6.45) is 1.72. The second kappa shape index (κ2) is 6.00. The molecule has 0 aliphatic rings. The lowest BCUT2D eigenvalue weighted by atomic mass is 9.89. The Morgan fingerprint density at radius 3 is 2.50 bits per heavy atom. The summed E-state index contributed by atoms with van der Waals surface area (Å²) in [5.74, 6) is 0.119. The number of carbonyl (C=O) groups is 1. The molecule has 0 bridgehead atoms. The zero-order valence-corrected chi connectivity index (χ0v) is 8.17. The molecule has 0 aromatic rings. The predicted octanol–water partition coefficient (Wildman–Crippen LogP) is 1.17. The minimum atomic E-state index is -0.207. The van der Waals surface area contributed by atoms with Gasteiger partial charge in [-0.1, -0.05) is 20.3 Å². The van der Waals surface area contributed by atoms with Crippen molar-refractivity contribution in [2.45, 2.75) is 26.7 Å². The Morgan fingerprint density at radius 1 is 1.58 bits per heavy atom. The van der Waals surface area contributed by atoms with Crippen molar-refractivity contribution >= 4 is 5.91 Å². The van der Waals surface area contributed by atoms with E-state index in [2.05, 4.69) is 6.92 Å². The highest BCUT2D eigenvalue weighted by molar-refractivity contribution is 5.76. The Labute approximate surface area is 74.3 Å². The first-order chi connectivity index (χ1) is 5.63. The van der Waals surface area contributed by atoms with Crippen molar-refractivity contribution in [1.29, 1.82) is 0 Å². The molecule has 0 fully saturated rings. The van der Waals surface area contributed by atoms with E-state index in [0.29, 0.717) is 12.5 Å². The van der Waals surface area contributed by atoms with Crippen LogP contribution in [0.5, 0.6) is 0 Å². The number of ether oxygens (including phenoxy) is 1. The first-order valence-corrected chi connectivity index (χ1v) is 4.41. The van der Waals surface area contributed by atoms with Crippen LogP contribution in [0, 0.1) is 11.8 Å². The minimum absolute atomic E-state index is 0.0325. The summed E-state index contributed by atoms with van der Waals surface area (Å²) < 4.78 is 4.91. The fraction of sp³-hybridized carbons (Fsp3) is 0.889. The minimum Gasteiger partial charge on any atom is -0.385 e. The molecular weight excluding hydrogens is 154 g/mol. The van der Waals surface area contributed by atoms with Gasteiger partial charge in [0, 0.05) is 19.6 Å². The largest absolute Gasteiger partial charge is 0.385 e. The number of amides is 1. The SMILES string of the molecule is CCC(C)C(CCOC)C(N)=O. The van der Waals surface area contributed by atoms with Crippen molar-refractivity contribution in [3.05, 3.63) is 0 Å². The first kappa shape index (κ1) is 11.4. The van der Waals surface area contributed by atoms with Gasteiger partial charge in [-0.25, -0.2) is 0 Å². The zero-order valence-electron chi connectivity index (χ0n) is 8.17. The van der Waals surface area contributed by atoms with Gasteiger partial charge in [-0.3, -0.25) is 4.79 Å². The quantitative estimate of drug-likeness (QED) is 0.655. The number of carbonyl (C=O) groups excluding carboxylic acids is 1. The average molecular weight is 173 g/mol. The smallest absolute Gasteiger partial charge is 0.220 e. The molecule has 3 nitrogen and oxygen atoms in total. The van der Waals surface area contributed by atoms with Gasteiger partial charge < -0.3 is 10.5 Å². The van der Waals surface area contributed by atoms with E-state index in [4.69, 9.17) is 10.5 Å². The summed E-state index contributed by atoms with van der Waals surface area (Å²) in [5, 5.41) is 0. The molecule has 0 aliphatic carbocycles. The van der Waals surface area contributed by atoms with E-state index in [0.717, 1.165) is 12.8 Å². The molecule has 2 atom stereocenters. The Balaban J connectivity index is 3.94. The maximum atomic E-state index is 11.0. The third-order valence-electron chi connectivity index (χ3n) is 2.33. The van der Waals surface area contributed by atoms with Gasteiger partial charge in [0.25, 0.3) is 0 Å². The van der Waals surface area contributed by atoms with E-state index < -0.39 is 0 Å². The second-order valence-electron chi connectivity index (χ2n) is 3.18. The van der Waals surface area contributed by atoms with E-state index in [-0.39, 0.29) is 11.8 Å². The van der Waals surface area contributed by atoms with Gasteiger partial charge >= 0.3 is 0 Å². The van der Waals surface area contributed by atoms with Crippen molar-refractivity contribution in [3.63, 3.8) is 0 Å². The van der Waals surface area contributed by atoms with Crippen molar-refractivity contribution < 1.29 is 9.53 Å². The second-order valence-corrected chi connectivity index (χ2v) is 3.18. The molecule has 2 unspecified atom stereocenters. The fourth-order valence-electron chi connectivity index (χ4n) is 1.24. The number of rotatable bonds is 6. The Hall–Kier alpha value is -0.570. The molecule has 0 aromatic carbocycles. The number of methoxy groups -OCH3 is 1. The molecule has 0 heterocycles. The molecule has 72 valence electrons. The number of primary amides is 1. The molecule has 0 aliphatic heterocycles. The van der Waals surface area contributed by atoms with Gasteiger partial charge in [0.2, 0.25) is 5.91 Å². The molecule has 0 aromatic heterocycles. The predicted molar refractivity (Wildman–Crippen MR) is 48.6 cm³/mol. The molecule has 0 saturated heterocycles. The molecule has 2 N–H and O–H groups in total. The van der Waals surface area contributed by atoms with Crippen LogP contribution in [-0.4, -0.2) is 19.6 Å². The molecule has 12 heavy (non-hydrogen) atoms. The van der Waals surface area contributed by atoms with Gasteiger partial charge in [0.1, 0.15) is 0 Å². The van der Waals surface area contributed by atoms with Crippen molar-refractivity contribution in [1.82, 2.24) is 0 Å². The van der Waals surface area contributed by atoms with E-state index in [1.807, 2.05) is 6.92 Å². The number of nitrogens with two attached hydrogens (primary N) is 1. The average Bonchev–Trinajstić information content (AvgIpc) is 2.04. The summed E-state index contributed by atoms with van der Waals surface area (Å²) in [7, 11) is 1.63. The molecule has 0 spiro atoms. The van der Waals surface area contributed by atoms with Crippen LogP contribution < -0.4 is 5.73 Å². The highest BCUT2D eigenvalue weighted by atomic mass is 16.5. The lowest BCUT2D eigenvalue weighted by Gasteiger charge is -2.18. The summed E-state index contributed by atoms with van der Waals surface area (Å²) in [6.45, 7) is 4.72. The molecular formula is C9H19NO2. The maximum Gasteiger partial charge on any atom is 0.220 e. The maximum absolute atomic E-state index is 11.0. The van der Waals surface area contributed by atoms with Crippen LogP contribution in [0.15, 0.2) is 0 Å². The topological polar surface area (TPSA) is 52.3 Å². The molecule has 1 amide bonds. The zero-order chi connectivity index (χ0) is 9.56. The lowest BCUT2D eigenvalue weighted by Crippen LogP contribution is -2.29. The van der Waals surface area contributed by atoms with Crippen LogP contribution in [0.25, 0.3) is 0 Å². The number of hydrogen-bond donors (Lipinski definition) is 1. The summed E-state index contributed by atoms with van der Waals surface area (Å²) >= 11 is 0. The van der Waals surface area contributed by atoms with Gasteiger partial charge in [-0.15, -0.1) is 0 Å². The fourth-order valence-corrected chi connectivity index (χ4v) is 1.24. The molecule has 0 rings (SSSR count). The van der Waals surface area contributed by atoms with Gasteiger partial charge in [0.15, 0.2) is 0 Å². The van der Waals surface area contributed by atoms with Crippen LogP contribution in [0.2, 0.25) is 0 Å². The van der Waals surface area contributed by atoms with Crippen LogP contribution in [0.4, 0.5) is 0 Å². The normalized spacial score (nSPS) is 15.6. The first-order valence-electron chi connectivity index (χ1n) is 4.41. The molecule has 0 radical (unpaired) electrons. The molecule has 0 saturated carbocycles. The van der Waals surface area contributed by atoms with Gasteiger partial charge in [-0.05, 0) is 12.3 Å². The number of hydrogen-bond acceptors (Lipinski definition) is 2. The van der Waals surface area contributed by atoms with Crippen molar-refractivity contribution in [3.8, 4) is 0 Å². The molecule has 3 heteroatoms. The van der Waals surface area contributed by atoms with E-state index >= 15 is 0 Å². The standard InChI is InChI=1S/C9H19NO2/c1-4-7(2)8(9(10)11)5-6-12-3/h7-8H,4-6H2,1-3H3,(H2,10,11). The van der Waals surface area contributed by atoms with Crippen LogP contribution in [0.1, 0.15) is 26.7 Å². The highest BCUT2D eigenvalue weighted by Gasteiger charge is 2.20. The summed E-state index contributed by atoms with van der Waals surface area (Å²) in [4.78, 5) is 11.0. The van der Waals surface area contributed by atoms with Crippen LogP contribution in [0.3, 0.4) is 0 Å². The van der Waals surface area contributed by atoms with Crippen molar-refractivity contribution in [2.75, 3.05) is 13.7 Å². The van der Waals surface area contributed by atoms with Gasteiger partial charge in [0.05, 0.1) is 0 Å². The third-order valence-corrected chi connectivity index (χ3v) is 2.33. The van der Waals surface area contributed by atoms with Gasteiger partial charge in [-0.2, -0.15) is 0 Å². The Kier molecular flexibility index (Phi) is 5.72.